The van der Waals surface area contributed by atoms with Gasteiger partial charge in [-0.05, 0) is 55.0 Å². The van der Waals surface area contributed by atoms with Gasteiger partial charge in [-0.25, -0.2) is 4.57 Å². The van der Waals surface area contributed by atoms with Gasteiger partial charge < -0.3 is 9.47 Å². The van der Waals surface area contributed by atoms with Gasteiger partial charge in [0.1, 0.15) is 11.5 Å². The van der Waals surface area contributed by atoms with E-state index in [-0.39, 0.29) is 5.56 Å². The fraction of sp³-hybridized carbons (Fsp3) is 0.160. The van der Waals surface area contributed by atoms with Crippen LogP contribution >= 0.6 is 23.4 Å². The highest BCUT2D eigenvalue weighted by molar-refractivity contribution is 7.99. The highest BCUT2D eigenvalue weighted by Crippen LogP contribution is 2.25. The van der Waals surface area contributed by atoms with Crippen molar-refractivity contribution in [2.45, 2.75) is 11.6 Å². The monoisotopic (exact) mass is 492 g/mol. The second-order valence-corrected chi connectivity index (χ2v) is 8.98. The van der Waals surface area contributed by atoms with E-state index in [4.69, 9.17) is 21.1 Å². The van der Waals surface area contributed by atoms with Gasteiger partial charge in [-0.3, -0.25) is 9.20 Å². The summed E-state index contributed by atoms with van der Waals surface area (Å²) in [6.07, 6.45) is 0.815. The Balaban J connectivity index is 1.45. The summed E-state index contributed by atoms with van der Waals surface area (Å²) in [5.74, 6) is 2.68. The third-order valence-corrected chi connectivity index (χ3v) is 6.58. The molecular weight excluding hydrogens is 472 g/mol. The molecule has 0 spiro atoms. The number of rotatable bonds is 8. The smallest absolute Gasteiger partial charge is 0.267 e. The molecule has 5 rings (SSSR count). The summed E-state index contributed by atoms with van der Waals surface area (Å²) in [7, 11) is 1.60. The summed E-state index contributed by atoms with van der Waals surface area (Å²) >= 11 is 7.49. The molecule has 0 N–H and O–H groups in total. The first kappa shape index (κ1) is 22.3. The van der Waals surface area contributed by atoms with Crippen molar-refractivity contribution in [3.8, 4) is 17.2 Å². The number of benzene rings is 3. The molecule has 5 aromatic rings. The summed E-state index contributed by atoms with van der Waals surface area (Å²) in [5.41, 5.74) is 1.28. The van der Waals surface area contributed by atoms with Gasteiger partial charge in [0.2, 0.25) is 5.78 Å². The second kappa shape index (κ2) is 9.79. The standard InChI is InChI=1S/C25H21ClN4O3S/c1-32-20-7-4-6-18(16-20)29-23(31)21-8-2-3-9-22(21)30-24(29)27-28-25(30)34-15-5-14-33-19-12-10-17(26)11-13-19/h2-4,6-13,16H,5,14-15H2,1H3. The molecule has 0 aliphatic rings. The minimum Gasteiger partial charge on any atom is -0.497 e. The average molecular weight is 493 g/mol. The van der Waals surface area contributed by atoms with E-state index in [1.807, 2.05) is 65.1 Å². The maximum atomic E-state index is 13.4. The molecule has 0 saturated heterocycles. The number of hydrogen-bond donors (Lipinski definition) is 0. The van der Waals surface area contributed by atoms with E-state index in [1.54, 1.807) is 35.6 Å². The Morgan fingerprint density at radius 1 is 0.971 bits per heavy atom. The van der Waals surface area contributed by atoms with Crippen molar-refractivity contribution in [2.24, 2.45) is 0 Å². The average Bonchev–Trinajstić information content (AvgIpc) is 3.29. The molecule has 172 valence electrons. The highest BCUT2D eigenvalue weighted by atomic mass is 35.5. The molecular formula is C25H21ClN4O3S. The van der Waals surface area contributed by atoms with Gasteiger partial charge in [0.25, 0.3) is 5.56 Å². The number of ether oxygens (including phenoxy) is 2. The van der Waals surface area contributed by atoms with E-state index in [0.29, 0.717) is 39.4 Å². The Bertz CT molecular complexity index is 1510. The lowest BCUT2D eigenvalue weighted by Crippen LogP contribution is -2.21. The van der Waals surface area contributed by atoms with E-state index in [9.17, 15) is 4.79 Å². The van der Waals surface area contributed by atoms with Crippen LogP contribution in [0.1, 0.15) is 6.42 Å². The van der Waals surface area contributed by atoms with E-state index < -0.39 is 0 Å². The van der Waals surface area contributed by atoms with Crippen LogP contribution in [0.25, 0.3) is 22.4 Å². The summed E-state index contributed by atoms with van der Waals surface area (Å²) in [6, 6.07) is 22.2. The molecule has 0 fully saturated rings. The van der Waals surface area contributed by atoms with Gasteiger partial charge in [-0.15, -0.1) is 10.2 Å². The zero-order chi connectivity index (χ0) is 23.5. The SMILES string of the molecule is COc1cccc(-n2c(=O)c3ccccc3n3c(SCCCOc4ccc(Cl)cc4)nnc23)c1. The number of halogens is 1. The van der Waals surface area contributed by atoms with E-state index >= 15 is 0 Å². The summed E-state index contributed by atoms with van der Waals surface area (Å²) in [5, 5.41) is 10.8. The Kier molecular flexibility index (Phi) is 6.42. The summed E-state index contributed by atoms with van der Waals surface area (Å²) < 4.78 is 14.6. The van der Waals surface area contributed by atoms with Crippen LogP contribution in [0.4, 0.5) is 0 Å². The third-order valence-electron chi connectivity index (χ3n) is 5.31. The minimum absolute atomic E-state index is 0.156. The number of thioether (sulfide) groups is 1. The van der Waals surface area contributed by atoms with Crippen molar-refractivity contribution in [3.05, 3.63) is 88.2 Å². The van der Waals surface area contributed by atoms with E-state index in [1.165, 1.54) is 0 Å². The van der Waals surface area contributed by atoms with Gasteiger partial charge in [0.05, 0.1) is 30.3 Å². The van der Waals surface area contributed by atoms with Gasteiger partial charge in [-0.2, -0.15) is 0 Å². The van der Waals surface area contributed by atoms with Gasteiger partial charge in [0, 0.05) is 16.8 Å². The normalized spacial score (nSPS) is 11.2. The van der Waals surface area contributed by atoms with Crippen molar-refractivity contribution >= 4 is 40.0 Å². The summed E-state index contributed by atoms with van der Waals surface area (Å²) in [4.78, 5) is 13.4. The molecule has 0 bridgehead atoms. The van der Waals surface area contributed by atoms with Crippen LogP contribution in [0.5, 0.6) is 11.5 Å². The molecule has 9 heteroatoms. The molecule has 34 heavy (non-hydrogen) atoms. The molecule has 0 aliphatic heterocycles. The quantitative estimate of drug-likeness (QED) is 0.217. The Hall–Kier alpha value is -3.49. The lowest BCUT2D eigenvalue weighted by Gasteiger charge is -2.12. The number of fused-ring (bicyclic) bond motifs is 3. The molecule has 0 aliphatic carbocycles. The predicted molar refractivity (Wildman–Crippen MR) is 135 cm³/mol. The zero-order valence-electron chi connectivity index (χ0n) is 18.3. The second-order valence-electron chi connectivity index (χ2n) is 7.48. The third kappa shape index (κ3) is 4.34. The van der Waals surface area contributed by atoms with Crippen LogP contribution in [-0.2, 0) is 0 Å². The molecule has 2 aromatic heterocycles. The van der Waals surface area contributed by atoms with E-state index in [0.717, 1.165) is 23.4 Å². The molecule has 0 atom stereocenters. The molecule has 3 aromatic carbocycles. The fourth-order valence-corrected chi connectivity index (χ4v) is 4.68. The van der Waals surface area contributed by atoms with Crippen molar-refractivity contribution < 1.29 is 9.47 Å². The molecule has 7 nitrogen and oxygen atoms in total. The predicted octanol–water partition coefficient (Wildman–Crippen LogP) is 5.26. The topological polar surface area (TPSA) is 70.7 Å². The number of hydrogen-bond acceptors (Lipinski definition) is 6. The van der Waals surface area contributed by atoms with Crippen LogP contribution in [0.2, 0.25) is 5.02 Å². The molecule has 0 amide bonds. The van der Waals surface area contributed by atoms with Gasteiger partial charge >= 0.3 is 0 Å². The van der Waals surface area contributed by atoms with Crippen LogP contribution in [0.3, 0.4) is 0 Å². The van der Waals surface area contributed by atoms with Crippen molar-refractivity contribution in [1.29, 1.82) is 0 Å². The van der Waals surface area contributed by atoms with Crippen molar-refractivity contribution in [1.82, 2.24) is 19.2 Å². The van der Waals surface area contributed by atoms with Crippen LogP contribution in [0.15, 0.2) is 82.7 Å². The Morgan fingerprint density at radius 3 is 2.62 bits per heavy atom. The molecule has 0 saturated carbocycles. The van der Waals surface area contributed by atoms with Crippen molar-refractivity contribution in [2.75, 3.05) is 19.5 Å². The van der Waals surface area contributed by atoms with Gasteiger partial charge in [0.15, 0.2) is 5.16 Å². The lowest BCUT2D eigenvalue weighted by atomic mass is 10.2. The van der Waals surface area contributed by atoms with Crippen LogP contribution in [-0.4, -0.2) is 38.6 Å². The Labute approximate surface area is 204 Å². The first-order valence-corrected chi connectivity index (χ1v) is 12.1. The largest absolute Gasteiger partial charge is 0.497 e. The minimum atomic E-state index is -0.156. The molecule has 2 heterocycles. The number of methoxy groups -OCH3 is 1. The summed E-state index contributed by atoms with van der Waals surface area (Å²) in [6.45, 7) is 0.570. The first-order chi connectivity index (χ1) is 16.7. The molecule has 0 unspecified atom stereocenters. The molecule has 0 radical (unpaired) electrons. The number of aromatic nitrogens is 4. The van der Waals surface area contributed by atoms with E-state index in [2.05, 4.69) is 10.2 Å². The number of para-hydroxylation sites is 1. The number of nitrogens with zero attached hydrogens (tertiary/aromatic N) is 4. The fourth-order valence-electron chi connectivity index (χ4n) is 3.70. The van der Waals surface area contributed by atoms with Crippen LogP contribution in [0, 0.1) is 0 Å². The first-order valence-electron chi connectivity index (χ1n) is 10.7. The van der Waals surface area contributed by atoms with Crippen LogP contribution < -0.4 is 15.0 Å². The highest BCUT2D eigenvalue weighted by Gasteiger charge is 2.18. The maximum absolute atomic E-state index is 13.4. The van der Waals surface area contributed by atoms with Crippen molar-refractivity contribution in [3.63, 3.8) is 0 Å². The van der Waals surface area contributed by atoms with Gasteiger partial charge in [-0.1, -0.05) is 41.6 Å². The maximum Gasteiger partial charge on any atom is 0.267 e. The zero-order valence-corrected chi connectivity index (χ0v) is 19.9. The Morgan fingerprint density at radius 2 is 1.79 bits per heavy atom. The lowest BCUT2D eigenvalue weighted by molar-refractivity contribution is 0.318.